The minimum absolute atomic E-state index is 0.242. The summed E-state index contributed by atoms with van der Waals surface area (Å²) in [5.41, 5.74) is 6.83. The van der Waals surface area contributed by atoms with E-state index >= 15 is 0 Å². The highest BCUT2D eigenvalue weighted by molar-refractivity contribution is 5.58. The Morgan fingerprint density at radius 3 is 2.81 bits per heavy atom. The summed E-state index contributed by atoms with van der Waals surface area (Å²) in [6.07, 6.45) is 1.13. The van der Waals surface area contributed by atoms with Gasteiger partial charge in [0, 0.05) is 13.1 Å². The van der Waals surface area contributed by atoms with Gasteiger partial charge in [0.15, 0.2) is 5.82 Å². The van der Waals surface area contributed by atoms with Gasteiger partial charge >= 0.3 is 0 Å². The minimum Gasteiger partial charge on any atom is -0.368 e. The molecule has 1 unspecified atom stereocenters. The fourth-order valence-electron chi connectivity index (χ4n) is 2.07. The lowest BCUT2D eigenvalue weighted by Gasteiger charge is -2.19. The zero-order valence-corrected chi connectivity index (χ0v) is 9.56. The van der Waals surface area contributed by atoms with E-state index in [1.165, 1.54) is 0 Å². The van der Waals surface area contributed by atoms with Crippen molar-refractivity contribution < 1.29 is 0 Å². The first-order valence-electron chi connectivity index (χ1n) is 5.41. The Morgan fingerprint density at radius 1 is 1.50 bits per heavy atom. The van der Waals surface area contributed by atoms with E-state index in [-0.39, 0.29) is 5.95 Å². The second-order valence-corrected chi connectivity index (χ2v) is 4.32. The molecule has 5 heteroatoms. The van der Waals surface area contributed by atoms with Crippen molar-refractivity contribution in [2.45, 2.75) is 20.3 Å². The third-order valence-corrected chi connectivity index (χ3v) is 2.92. The van der Waals surface area contributed by atoms with Crippen LogP contribution in [0.3, 0.4) is 0 Å². The average Bonchev–Trinajstić information content (AvgIpc) is 2.63. The van der Waals surface area contributed by atoms with Crippen molar-refractivity contribution in [2.75, 3.05) is 23.7 Å². The van der Waals surface area contributed by atoms with Crippen LogP contribution in [0, 0.1) is 24.2 Å². The molecule has 0 bridgehead atoms. The Kier molecular flexibility index (Phi) is 2.65. The van der Waals surface area contributed by atoms with Gasteiger partial charge in [-0.15, -0.1) is 0 Å². The lowest BCUT2D eigenvalue weighted by Crippen LogP contribution is -2.23. The number of aryl methyl sites for hydroxylation is 1. The number of rotatable bonds is 1. The number of anilines is 2. The first kappa shape index (κ1) is 10.7. The molecule has 2 heterocycles. The third kappa shape index (κ3) is 1.78. The van der Waals surface area contributed by atoms with Crippen molar-refractivity contribution >= 4 is 11.8 Å². The van der Waals surface area contributed by atoms with Crippen LogP contribution in [-0.2, 0) is 0 Å². The summed E-state index contributed by atoms with van der Waals surface area (Å²) in [4.78, 5) is 10.3. The van der Waals surface area contributed by atoms with Crippen molar-refractivity contribution in [2.24, 2.45) is 5.92 Å². The lowest BCUT2D eigenvalue weighted by atomic mass is 10.2. The predicted octanol–water partition coefficient (Wildman–Crippen LogP) is 1.09. The zero-order chi connectivity index (χ0) is 11.7. The van der Waals surface area contributed by atoms with Gasteiger partial charge in [-0.25, -0.2) is 4.98 Å². The number of aromatic nitrogens is 2. The molecule has 16 heavy (non-hydrogen) atoms. The van der Waals surface area contributed by atoms with Crippen LogP contribution in [0.5, 0.6) is 0 Å². The SMILES string of the molecule is Cc1nc(N)nc(N2CCC(C)C2)c1C#N. The molecule has 1 fully saturated rings. The Hall–Kier alpha value is -1.83. The maximum atomic E-state index is 9.12. The summed E-state index contributed by atoms with van der Waals surface area (Å²) >= 11 is 0. The molecule has 1 saturated heterocycles. The van der Waals surface area contributed by atoms with Crippen LogP contribution in [0.15, 0.2) is 0 Å². The maximum absolute atomic E-state index is 9.12. The number of hydrogen-bond donors (Lipinski definition) is 1. The molecule has 0 radical (unpaired) electrons. The van der Waals surface area contributed by atoms with Crippen molar-refractivity contribution in [1.29, 1.82) is 5.26 Å². The summed E-state index contributed by atoms with van der Waals surface area (Å²) in [5.74, 6) is 1.57. The molecule has 0 amide bonds. The summed E-state index contributed by atoms with van der Waals surface area (Å²) in [6.45, 7) is 5.86. The quantitative estimate of drug-likeness (QED) is 0.761. The summed E-state index contributed by atoms with van der Waals surface area (Å²) in [7, 11) is 0. The molecule has 1 aromatic heterocycles. The van der Waals surface area contributed by atoms with E-state index in [9.17, 15) is 0 Å². The van der Waals surface area contributed by atoms with Gasteiger partial charge in [-0.1, -0.05) is 6.92 Å². The molecular formula is C11H15N5. The van der Waals surface area contributed by atoms with Gasteiger partial charge in [0.1, 0.15) is 11.6 Å². The van der Waals surface area contributed by atoms with Gasteiger partial charge in [-0.05, 0) is 19.3 Å². The van der Waals surface area contributed by atoms with E-state index in [0.29, 0.717) is 23.0 Å². The molecule has 84 valence electrons. The third-order valence-electron chi connectivity index (χ3n) is 2.92. The van der Waals surface area contributed by atoms with Crippen molar-refractivity contribution in [3.05, 3.63) is 11.3 Å². The molecule has 5 nitrogen and oxygen atoms in total. The summed E-state index contributed by atoms with van der Waals surface area (Å²) < 4.78 is 0. The molecule has 0 aromatic carbocycles. The molecular weight excluding hydrogens is 202 g/mol. The number of nitrogens with zero attached hydrogens (tertiary/aromatic N) is 4. The highest BCUT2D eigenvalue weighted by Crippen LogP contribution is 2.26. The Labute approximate surface area is 94.9 Å². The minimum atomic E-state index is 0.242. The highest BCUT2D eigenvalue weighted by atomic mass is 15.2. The van der Waals surface area contributed by atoms with Crippen LogP contribution >= 0.6 is 0 Å². The highest BCUT2D eigenvalue weighted by Gasteiger charge is 2.23. The topological polar surface area (TPSA) is 78.8 Å². The van der Waals surface area contributed by atoms with Crippen LogP contribution < -0.4 is 10.6 Å². The standard InChI is InChI=1S/C11H15N5/c1-7-3-4-16(6-7)10-9(5-12)8(2)14-11(13)15-10/h7H,3-4,6H2,1-2H3,(H2,13,14,15). The second-order valence-electron chi connectivity index (χ2n) is 4.32. The average molecular weight is 217 g/mol. The molecule has 1 aliphatic heterocycles. The first-order valence-corrected chi connectivity index (χ1v) is 5.41. The van der Waals surface area contributed by atoms with Crippen LogP contribution in [0.1, 0.15) is 24.6 Å². The Morgan fingerprint density at radius 2 is 2.25 bits per heavy atom. The molecule has 0 spiro atoms. The molecule has 0 saturated carbocycles. The number of nitriles is 1. The van der Waals surface area contributed by atoms with Crippen molar-refractivity contribution in [1.82, 2.24) is 9.97 Å². The molecule has 1 aromatic rings. The van der Waals surface area contributed by atoms with E-state index in [1.54, 1.807) is 6.92 Å². The van der Waals surface area contributed by atoms with Crippen LogP contribution in [0.2, 0.25) is 0 Å². The normalized spacial score (nSPS) is 19.8. The largest absolute Gasteiger partial charge is 0.368 e. The molecule has 1 atom stereocenters. The van der Waals surface area contributed by atoms with Gasteiger partial charge in [0.25, 0.3) is 0 Å². The van der Waals surface area contributed by atoms with Crippen molar-refractivity contribution in [3.63, 3.8) is 0 Å². The van der Waals surface area contributed by atoms with E-state index in [1.807, 2.05) is 0 Å². The zero-order valence-electron chi connectivity index (χ0n) is 9.56. The van der Waals surface area contributed by atoms with Crippen LogP contribution in [-0.4, -0.2) is 23.1 Å². The Bertz CT molecular complexity index is 448. The molecule has 1 aliphatic rings. The van der Waals surface area contributed by atoms with Crippen molar-refractivity contribution in [3.8, 4) is 6.07 Å². The number of nitrogen functional groups attached to an aromatic ring is 1. The van der Waals surface area contributed by atoms with Gasteiger partial charge in [-0.3, -0.25) is 0 Å². The summed E-state index contributed by atoms with van der Waals surface area (Å²) in [5, 5.41) is 9.12. The number of hydrogen-bond acceptors (Lipinski definition) is 5. The fourth-order valence-corrected chi connectivity index (χ4v) is 2.07. The summed E-state index contributed by atoms with van der Waals surface area (Å²) in [6, 6.07) is 2.16. The first-order chi connectivity index (χ1) is 7.61. The molecule has 2 rings (SSSR count). The van der Waals surface area contributed by atoms with Gasteiger partial charge in [0.05, 0.1) is 5.69 Å². The van der Waals surface area contributed by atoms with Crippen LogP contribution in [0.4, 0.5) is 11.8 Å². The van der Waals surface area contributed by atoms with E-state index in [0.717, 1.165) is 19.5 Å². The van der Waals surface area contributed by atoms with Gasteiger partial charge < -0.3 is 10.6 Å². The fraction of sp³-hybridized carbons (Fsp3) is 0.545. The predicted molar refractivity (Wildman–Crippen MR) is 61.9 cm³/mol. The Balaban J connectivity index is 2.43. The van der Waals surface area contributed by atoms with Gasteiger partial charge in [-0.2, -0.15) is 10.2 Å². The van der Waals surface area contributed by atoms with E-state index < -0.39 is 0 Å². The van der Waals surface area contributed by atoms with E-state index in [4.69, 9.17) is 11.0 Å². The smallest absolute Gasteiger partial charge is 0.222 e. The van der Waals surface area contributed by atoms with E-state index in [2.05, 4.69) is 27.9 Å². The van der Waals surface area contributed by atoms with Crippen LogP contribution in [0.25, 0.3) is 0 Å². The number of nitrogens with two attached hydrogens (primary N) is 1. The lowest BCUT2D eigenvalue weighted by molar-refractivity contribution is 0.658. The molecule has 0 aliphatic carbocycles. The second kappa shape index (κ2) is 3.97. The monoisotopic (exact) mass is 217 g/mol. The van der Waals surface area contributed by atoms with Gasteiger partial charge in [0.2, 0.25) is 5.95 Å². The maximum Gasteiger partial charge on any atom is 0.222 e. The molecule has 2 N–H and O–H groups in total.